The van der Waals surface area contributed by atoms with Crippen LogP contribution in [0.5, 0.6) is 0 Å². The van der Waals surface area contributed by atoms with Gasteiger partial charge in [0, 0.05) is 34.5 Å². The Balaban J connectivity index is 1.87. The highest BCUT2D eigenvalue weighted by Crippen LogP contribution is 2.34. The van der Waals surface area contributed by atoms with Gasteiger partial charge in [-0.3, -0.25) is 0 Å². The molecule has 0 aliphatic carbocycles. The number of rotatable bonds is 2. The van der Waals surface area contributed by atoms with Crippen LogP contribution in [0, 0.1) is 12.7 Å². The van der Waals surface area contributed by atoms with Crippen molar-refractivity contribution in [3.8, 4) is 21.8 Å². The van der Waals surface area contributed by atoms with Gasteiger partial charge in [0.2, 0.25) is 0 Å². The normalized spacial score (nSPS) is 11.2. The topological polar surface area (TPSA) is 41.6 Å². The summed E-state index contributed by atoms with van der Waals surface area (Å²) in [7, 11) is 0. The molecule has 3 aromatic heterocycles. The fourth-order valence-corrected chi connectivity index (χ4v) is 3.31. The van der Waals surface area contributed by atoms with Crippen LogP contribution >= 0.6 is 11.3 Å². The van der Waals surface area contributed by atoms with E-state index in [9.17, 15) is 4.39 Å². The molecule has 0 amide bonds. The van der Waals surface area contributed by atoms with E-state index in [2.05, 4.69) is 15.0 Å². The van der Waals surface area contributed by atoms with Crippen LogP contribution in [0.4, 0.5) is 4.39 Å². The Kier molecular flexibility index (Phi) is 3.01. The molecule has 0 atom stereocenters. The number of hydrogen-bond donors (Lipinski definition) is 1. The summed E-state index contributed by atoms with van der Waals surface area (Å²) in [5, 5.41) is 3.29. The highest BCUT2D eigenvalue weighted by atomic mass is 32.1. The highest BCUT2D eigenvalue weighted by molar-refractivity contribution is 7.13. The summed E-state index contributed by atoms with van der Waals surface area (Å²) >= 11 is 1.51. The van der Waals surface area contributed by atoms with Crippen molar-refractivity contribution in [2.45, 2.75) is 6.92 Å². The summed E-state index contributed by atoms with van der Waals surface area (Å²) in [6.07, 6.45) is 3.31. The number of nitrogens with one attached hydrogen (secondary N) is 1. The number of aromatic amines is 1. The molecule has 108 valence electrons. The number of aromatic nitrogens is 3. The van der Waals surface area contributed by atoms with Crippen molar-refractivity contribution in [3.05, 3.63) is 59.5 Å². The minimum Gasteiger partial charge on any atom is -0.345 e. The van der Waals surface area contributed by atoms with Crippen LogP contribution in [0.3, 0.4) is 0 Å². The molecule has 4 rings (SSSR count). The van der Waals surface area contributed by atoms with E-state index in [1.54, 1.807) is 13.1 Å². The van der Waals surface area contributed by atoms with Gasteiger partial charge in [-0.15, -0.1) is 11.3 Å². The van der Waals surface area contributed by atoms with E-state index in [1.165, 1.54) is 17.5 Å². The van der Waals surface area contributed by atoms with E-state index in [4.69, 9.17) is 0 Å². The zero-order valence-electron chi connectivity index (χ0n) is 11.8. The predicted molar refractivity (Wildman–Crippen MR) is 87.3 cm³/mol. The quantitative estimate of drug-likeness (QED) is 0.578. The summed E-state index contributed by atoms with van der Waals surface area (Å²) in [6.45, 7) is 1.72. The van der Waals surface area contributed by atoms with E-state index in [0.717, 1.165) is 21.8 Å². The maximum absolute atomic E-state index is 14.4. The van der Waals surface area contributed by atoms with Gasteiger partial charge >= 0.3 is 0 Å². The number of H-pyrrole nitrogens is 1. The monoisotopic (exact) mass is 309 g/mol. The lowest BCUT2D eigenvalue weighted by Crippen LogP contribution is -1.87. The van der Waals surface area contributed by atoms with Gasteiger partial charge in [-0.1, -0.05) is 30.3 Å². The molecule has 22 heavy (non-hydrogen) atoms. The first kappa shape index (κ1) is 13.2. The first-order valence-corrected chi connectivity index (χ1v) is 7.75. The summed E-state index contributed by atoms with van der Waals surface area (Å²) in [4.78, 5) is 11.9. The number of fused-ring (bicyclic) bond motifs is 1. The molecule has 5 heteroatoms. The van der Waals surface area contributed by atoms with Gasteiger partial charge in [-0.05, 0) is 6.92 Å². The molecule has 0 unspecified atom stereocenters. The standard InChI is InChI=1S/C17H12FN3S/c1-10-7-19-16-14(15(10)18)12(8-20-16)17-21-13(9-22-17)11-5-3-2-4-6-11/h2-9H,1H3,(H,19,20). The van der Waals surface area contributed by atoms with Gasteiger partial charge in [-0.2, -0.15) is 0 Å². The smallest absolute Gasteiger partial charge is 0.140 e. The van der Waals surface area contributed by atoms with Crippen molar-refractivity contribution in [2.75, 3.05) is 0 Å². The van der Waals surface area contributed by atoms with Crippen molar-refractivity contribution >= 4 is 22.4 Å². The number of benzene rings is 1. The van der Waals surface area contributed by atoms with Crippen molar-refractivity contribution < 1.29 is 4.39 Å². The van der Waals surface area contributed by atoms with Gasteiger partial charge in [0.15, 0.2) is 0 Å². The molecule has 0 aliphatic rings. The molecule has 4 aromatic rings. The van der Waals surface area contributed by atoms with Crippen LogP contribution in [0.15, 0.2) is 48.1 Å². The van der Waals surface area contributed by atoms with Crippen molar-refractivity contribution in [1.29, 1.82) is 0 Å². The summed E-state index contributed by atoms with van der Waals surface area (Å²) in [5.74, 6) is -0.238. The largest absolute Gasteiger partial charge is 0.345 e. The molecule has 3 heterocycles. The molecule has 0 spiro atoms. The first-order valence-electron chi connectivity index (χ1n) is 6.87. The second-order valence-corrected chi connectivity index (χ2v) is 5.94. The molecule has 0 saturated carbocycles. The Morgan fingerprint density at radius 3 is 2.82 bits per heavy atom. The van der Waals surface area contributed by atoms with Crippen LogP contribution in [0.1, 0.15) is 5.56 Å². The zero-order valence-corrected chi connectivity index (χ0v) is 12.6. The number of thiazole rings is 1. The Morgan fingerprint density at radius 1 is 1.18 bits per heavy atom. The van der Waals surface area contributed by atoms with Gasteiger partial charge in [0.25, 0.3) is 0 Å². The molecule has 0 saturated heterocycles. The lowest BCUT2D eigenvalue weighted by Gasteiger charge is -1.99. The predicted octanol–water partition coefficient (Wildman–Crippen LogP) is 4.80. The van der Waals surface area contributed by atoms with E-state index < -0.39 is 0 Å². The third kappa shape index (κ3) is 2.02. The third-order valence-corrected chi connectivity index (χ3v) is 4.49. The highest BCUT2D eigenvalue weighted by Gasteiger charge is 2.16. The van der Waals surface area contributed by atoms with Crippen molar-refractivity contribution in [3.63, 3.8) is 0 Å². The van der Waals surface area contributed by atoms with E-state index >= 15 is 0 Å². The van der Waals surface area contributed by atoms with Gasteiger partial charge in [-0.25, -0.2) is 14.4 Å². The lowest BCUT2D eigenvalue weighted by atomic mass is 10.1. The van der Waals surface area contributed by atoms with Gasteiger partial charge in [0.1, 0.15) is 16.5 Å². The summed E-state index contributed by atoms with van der Waals surface area (Å²) in [5.41, 5.74) is 3.80. The Hall–Kier alpha value is -2.53. The Labute approximate surface area is 130 Å². The van der Waals surface area contributed by atoms with Crippen molar-refractivity contribution in [2.24, 2.45) is 0 Å². The molecular formula is C17H12FN3S. The summed E-state index contributed by atoms with van der Waals surface area (Å²) in [6, 6.07) is 9.96. The minimum atomic E-state index is -0.238. The molecule has 0 bridgehead atoms. The Bertz CT molecular complexity index is 957. The molecular weight excluding hydrogens is 297 g/mol. The van der Waals surface area contributed by atoms with Gasteiger partial charge < -0.3 is 4.98 Å². The molecule has 0 aliphatic heterocycles. The maximum atomic E-state index is 14.4. The lowest BCUT2D eigenvalue weighted by molar-refractivity contribution is 0.629. The third-order valence-electron chi connectivity index (χ3n) is 3.62. The number of hydrogen-bond acceptors (Lipinski definition) is 3. The van der Waals surface area contributed by atoms with Gasteiger partial charge in [0.05, 0.1) is 11.1 Å². The van der Waals surface area contributed by atoms with Crippen LogP contribution in [0.2, 0.25) is 0 Å². The van der Waals surface area contributed by atoms with Crippen molar-refractivity contribution in [1.82, 2.24) is 15.0 Å². The molecule has 1 N–H and O–H groups in total. The summed E-state index contributed by atoms with van der Waals surface area (Å²) < 4.78 is 14.4. The number of nitrogens with zero attached hydrogens (tertiary/aromatic N) is 2. The SMILES string of the molecule is Cc1cnc2[nH]cc(-c3nc(-c4ccccc4)cs3)c2c1F. The average Bonchev–Trinajstić information content (AvgIpc) is 3.18. The zero-order chi connectivity index (χ0) is 15.1. The van der Waals surface area contributed by atoms with E-state index in [-0.39, 0.29) is 5.82 Å². The number of aryl methyl sites for hydroxylation is 1. The second-order valence-electron chi connectivity index (χ2n) is 5.09. The minimum absolute atomic E-state index is 0.238. The van der Waals surface area contributed by atoms with E-state index in [1.807, 2.05) is 35.7 Å². The van der Waals surface area contributed by atoms with Crippen LogP contribution in [0.25, 0.3) is 32.9 Å². The molecule has 3 nitrogen and oxygen atoms in total. The number of pyridine rings is 1. The maximum Gasteiger partial charge on any atom is 0.140 e. The number of halogens is 1. The molecule has 0 radical (unpaired) electrons. The van der Waals surface area contributed by atoms with Crippen LogP contribution in [-0.4, -0.2) is 15.0 Å². The average molecular weight is 309 g/mol. The van der Waals surface area contributed by atoms with Crippen LogP contribution < -0.4 is 0 Å². The fraction of sp³-hybridized carbons (Fsp3) is 0.0588. The second kappa shape index (κ2) is 5.03. The fourth-order valence-electron chi connectivity index (χ4n) is 2.46. The van der Waals surface area contributed by atoms with E-state index in [0.29, 0.717) is 16.6 Å². The molecule has 0 fully saturated rings. The Morgan fingerprint density at radius 2 is 2.00 bits per heavy atom. The van der Waals surface area contributed by atoms with Crippen LogP contribution in [-0.2, 0) is 0 Å². The first-order chi connectivity index (χ1) is 10.7. The molecule has 1 aromatic carbocycles.